The van der Waals surface area contributed by atoms with Crippen molar-refractivity contribution in [2.24, 2.45) is 5.92 Å². The van der Waals surface area contributed by atoms with E-state index < -0.39 is 0 Å². The van der Waals surface area contributed by atoms with E-state index in [9.17, 15) is 0 Å². The van der Waals surface area contributed by atoms with Crippen molar-refractivity contribution in [3.8, 4) is 11.3 Å². The quantitative estimate of drug-likeness (QED) is 0.786. The molecule has 2 aromatic rings. The highest BCUT2D eigenvalue weighted by molar-refractivity contribution is 5.73. The van der Waals surface area contributed by atoms with E-state index in [1.165, 1.54) is 28.1 Å². The summed E-state index contributed by atoms with van der Waals surface area (Å²) in [7, 11) is 0. The fourth-order valence-corrected chi connectivity index (χ4v) is 2.61. The number of rotatable bonds is 1. The predicted octanol–water partition coefficient (Wildman–Crippen LogP) is 3.67. The highest BCUT2D eigenvalue weighted by atomic mass is 14.7. The second-order valence-corrected chi connectivity index (χ2v) is 4.93. The lowest BCUT2D eigenvalue weighted by Gasteiger charge is -2.19. The highest BCUT2D eigenvalue weighted by Gasteiger charge is 2.20. The third kappa shape index (κ3) is 1.80. The van der Waals surface area contributed by atoms with Crippen LogP contribution in [0.15, 0.2) is 37.2 Å². The number of allylic oxidation sites excluding steroid dienone is 1. The van der Waals surface area contributed by atoms with E-state index in [1.807, 2.05) is 24.5 Å². The van der Waals surface area contributed by atoms with Gasteiger partial charge in [0, 0.05) is 29.3 Å². The van der Waals surface area contributed by atoms with Crippen LogP contribution in [-0.2, 0) is 6.42 Å². The van der Waals surface area contributed by atoms with Crippen LogP contribution in [0.3, 0.4) is 0 Å². The van der Waals surface area contributed by atoms with Crippen molar-refractivity contribution in [2.45, 2.75) is 19.8 Å². The first-order valence-corrected chi connectivity index (χ1v) is 6.04. The van der Waals surface area contributed by atoms with Crippen molar-refractivity contribution in [1.82, 2.24) is 9.97 Å². The summed E-state index contributed by atoms with van der Waals surface area (Å²) in [6, 6.07) is 6.28. The lowest BCUT2D eigenvalue weighted by atomic mass is 9.86. The van der Waals surface area contributed by atoms with Crippen LogP contribution in [0.5, 0.6) is 0 Å². The van der Waals surface area contributed by atoms with Crippen LogP contribution in [0.4, 0.5) is 0 Å². The molecular formula is C15H16N2. The number of H-pyrrole nitrogens is 1. The van der Waals surface area contributed by atoms with E-state index in [1.54, 1.807) is 0 Å². The normalized spacial score (nSPS) is 19.1. The maximum Gasteiger partial charge on any atom is 0.0463 e. The number of hydrogen-bond acceptors (Lipinski definition) is 1. The summed E-state index contributed by atoms with van der Waals surface area (Å²) < 4.78 is 0. The molecular weight excluding hydrogens is 208 g/mol. The monoisotopic (exact) mass is 224 g/mol. The van der Waals surface area contributed by atoms with Gasteiger partial charge in [-0.15, -0.1) is 0 Å². The molecule has 1 N–H and O–H groups in total. The van der Waals surface area contributed by atoms with Gasteiger partial charge in [-0.2, -0.15) is 0 Å². The number of aromatic nitrogens is 2. The molecule has 86 valence electrons. The van der Waals surface area contributed by atoms with Gasteiger partial charge in [-0.3, -0.25) is 4.98 Å². The van der Waals surface area contributed by atoms with Gasteiger partial charge in [0.2, 0.25) is 0 Å². The van der Waals surface area contributed by atoms with Gasteiger partial charge in [0.05, 0.1) is 0 Å². The fraction of sp³-hybridized carbons (Fsp3) is 0.267. The molecule has 1 aliphatic carbocycles. The van der Waals surface area contributed by atoms with Crippen molar-refractivity contribution in [3.05, 3.63) is 48.4 Å². The average molecular weight is 224 g/mol. The summed E-state index contributed by atoms with van der Waals surface area (Å²) in [6.45, 7) is 6.46. The van der Waals surface area contributed by atoms with Crippen molar-refractivity contribution < 1.29 is 0 Å². The molecule has 2 aromatic heterocycles. The first-order valence-electron chi connectivity index (χ1n) is 6.04. The van der Waals surface area contributed by atoms with Gasteiger partial charge < -0.3 is 4.98 Å². The van der Waals surface area contributed by atoms with Crippen LogP contribution in [0.2, 0.25) is 0 Å². The van der Waals surface area contributed by atoms with Gasteiger partial charge in [-0.25, -0.2) is 0 Å². The van der Waals surface area contributed by atoms with Crippen molar-refractivity contribution in [3.63, 3.8) is 0 Å². The molecule has 2 nitrogen and oxygen atoms in total. The van der Waals surface area contributed by atoms with Gasteiger partial charge in [0.1, 0.15) is 0 Å². The molecule has 1 atom stereocenters. The Hall–Kier alpha value is -1.83. The molecule has 0 aromatic carbocycles. The minimum absolute atomic E-state index is 0.693. The number of aromatic amines is 1. The van der Waals surface area contributed by atoms with Crippen molar-refractivity contribution >= 4 is 5.57 Å². The molecule has 0 aliphatic heterocycles. The number of nitrogens with one attached hydrogen (secondary N) is 1. The molecule has 0 saturated carbocycles. The Morgan fingerprint density at radius 3 is 2.82 bits per heavy atom. The average Bonchev–Trinajstić information content (AvgIpc) is 2.74. The van der Waals surface area contributed by atoms with Crippen LogP contribution in [0.25, 0.3) is 16.8 Å². The standard InChI is InChI=1S/C15H16N2/c1-10-7-11(2)13-9-14(17-15(13)8-10)12-3-5-16-6-4-12/h3-6,9-10,17H,2,7-8H2,1H3. The highest BCUT2D eigenvalue weighted by Crippen LogP contribution is 2.35. The summed E-state index contributed by atoms with van der Waals surface area (Å²) in [5.41, 5.74) is 6.27. The van der Waals surface area contributed by atoms with Gasteiger partial charge in [-0.1, -0.05) is 13.5 Å². The van der Waals surface area contributed by atoms with E-state index >= 15 is 0 Å². The Kier molecular flexibility index (Phi) is 2.36. The summed E-state index contributed by atoms with van der Waals surface area (Å²) in [5, 5.41) is 0. The summed E-state index contributed by atoms with van der Waals surface area (Å²) in [5.74, 6) is 0.693. The predicted molar refractivity (Wildman–Crippen MR) is 70.5 cm³/mol. The molecule has 1 aliphatic rings. The minimum Gasteiger partial charge on any atom is -0.358 e. The number of hydrogen-bond donors (Lipinski definition) is 1. The smallest absolute Gasteiger partial charge is 0.0463 e. The van der Waals surface area contributed by atoms with Gasteiger partial charge in [0.15, 0.2) is 0 Å². The van der Waals surface area contributed by atoms with Crippen molar-refractivity contribution in [1.29, 1.82) is 0 Å². The minimum atomic E-state index is 0.693. The first kappa shape index (κ1) is 10.3. The zero-order chi connectivity index (χ0) is 11.8. The van der Waals surface area contributed by atoms with Crippen LogP contribution >= 0.6 is 0 Å². The molecule has 1 unspecified atom stereocenters. The zero-order valence-corrected chi connectivity index (χ0v) is 10.0. The van der Waals surface area contributed by atoms with Gasteiger partial charge in [-0.05, 0) is 48.1 Å². The van der Waals surface area contributed by atoms with Gasteiger partial charge in [0.25, 0.3) is 0 Å². The fourth-order valence-electron chi connectivity index (χ4n) is 2.61. The van der Waals surface area contributed by atoms with Crippen LogP contribution in [0.1, 0.15) is 24.6 Å². The maximum absolute atomic E-state index is 4.18. The molecule has 2 heteroatoms. The Morgan fingerprint density at radius 2 is 2.06 bits per heavy atom. The maximum atomic E-state index is 4.18. The van der Waals surface area contributed by atoms with Crippen molar-refractivity contribution in [2.75, 3.05) is 0 Å². The molecule has 3 rings (SSSR count). The second kappa shape index (κ2) is 3.88. The number of nitrogens with zero attached hydrogens (tertiary/aromatic N) is 1. The first-order chi connectivity index (χ1) is 8.24. The van der Waals surface area contributed by atoms with E-state index in [2.05, 4.69) is 29.5 Å². The molecule has 17 heavy (non-hydrogen) atoms. The molecule has 0 radical (unpaired) electrons. The third-order valence-corrected chi connectivity index (χ3v) is 3.42. The lowest BCUT2D eigenvalue weighted by molar-refractivity contribution is 0.575. The topological polar surface area (TPSA) is 28.7 Å². The van der Waals surface area contributed by atoms with Crippen LogP contribution in [-0.4, -0.2) is 9.97 Å². The molecule has 2 heterocycles. The summed E-state index contributed by atoms with van der Waals surface area (Å²) in [6.07, 6.45) is 5.89. The Balaban J connectivity index is 2.06. The largest absolute Gasteiger partial charge is 0.358 e. The molecule has 0 fully saturated rings. The SMILES string of the molecule is C=C1CC(C)Cc2[nH]c(-c3ccncc3)cc21. The van der Waals surface area contributed by atoms with E-state index in [4.69, 9.17) is 0 Å². The lowest BCUT2D eigenvalue weighted by Crippen LogP contribution is -2.08. The Morgan fingerprint density at radius 1 is 1.29 bits per heavy atom. The second-order valence-electron chi connectivity index (χ2n) is 4.93. The molecule has 0 bridgehead atoms. The number of pyridine rings is 1. The Bertz CT molecular complexity index is 552. The van der Waals surface area contributed by atoms with E-state index in [0.29, 0.717) is 5.92 Å². The molecule has 0 saturated heterocycles. The molecule has 0 spiro atoms. The Labute approximate surface area is 101 Å². The van der Waals surface area contributed by atoms with Crippen LogP contribution < -0.4 is 0 Å². The van der Waals surface area contributed by atoms with E-state index in [-0.39, 0.29) is 0 Å². The van der Waals surface area contributed by atoms with Gasteiger partial charge >= 0.3 is 0 Å². The molecule has 0 amide bonds. The number of fused-ring (bicyclic) bond motifs is 1. The zero-order valence-electron chi connectivity index (χ0n) is 10.0. The summed E-state index contributed by atoms with van der Waals surface area (Å²) in [4.78, 5) is 7.57. The third-order valence-electron chi connectivity index (χ3n) is 3.42. The van der Waals surface area contributed by atoms with E-state index in [0.717, 1.165) is 12.8 Å². The van der Waals surface area contributed by atoms with Crippen LogP contribution in [0, 0.1) is 5.92 Å². The summed E-state index contributed by atoms with van der Waals surface area (Å²) >= 11 is 0.